The second kappa shape index (κ2) is 7.05. The molecule has 0 aromatic rings. The Kier molecular flexibility index (Phi) is 7.27. The van der Waals surface area contributed by atoms with Crippen molar-refractivity contribution in [1.29, 1.82) is 0 Å². The molecular weight excluding hydrogens is 243 g/mol. The molecule has 1 N–H and O–H groups in total. The van der Waals surface area contributed by atoms with Crippen molar-refractivity contribution in [2.45, 2.75) is 45.1 Å². The number of rotatable bonds is 5. The molecule has 0 aliphatic heterocycles. The van der Waals surface area contributed by atoms with Crippen LogP contribution in [0.4, 0.5) is 0 Å². The van der Waals surface area contributed by atoms with Crippen molar-refractivity contribution in [3.8, 4) is 0 Å². The predicted molar refractivity (Wildman–Crippen MR) is 75.0 cm³/mol. The van der Waals surface area contributed by atoms with Crippen LogP contribution < -0.4 is 5.32 Å². The van der Waals surface area contributed by atoms with Gasteiger partial charge in [0.1, 0.15) is 0 Å². The van der Waals surface area contributed by atoms with Gasteiger partial charge in [-0.25, -0.2) is 0 Å². The highest BCUT2D eigenvalue weighted by molar-refractivity contribution is 5.85. The van der Waals surface area contributed by atoms with E-state index in [9.17, 15) is 0 Å². The molecule has 2 rings (SSSR count). The first-order chi connectivity index (χ1) is 6.76. The summed E-state index contributed by atoms with van der Waals surface area (Å²) in [6.45, 7) is 5.64. The summed E-state index contributed by atoms with van der Waals surface area (Å²) < 4.78 is 0. The van der Waals surface area contributed by atoms with E-state index in [4.69, 9.17) is 0 Å². The molecule has 2 aliphatic carbocycles. The number of likely N-dealkylation sites (N-methyl/N-ethyl adjacent to an activating group) is 2. The molecule has 4 heteroatoms. The molecule has 1 spiro atoms. The lowest BCUT2D eigenvalue weighted by Crippen LogP contribution is -2.53. The van der Waals surface area contributed by atoms with Gasteiger partial charge in [0.2, 0.25) is 0 Å². The number of nitrogens with one attached hydrogen (secondary N) is 1. The Morgan fingerprint density at radius 2 is 1.88 bits per heavy atom. The van der Waals surface area contributed by atoms with Crippen LogP contribution in [0.1, 0.15) is 39.0 Å². The van der Waals surface area contributed by atoms with Gasteiger partial charge in [0.05, 0.1) is 0 Å². The first-order valence-electron chi connectivity index (χ1n) is 6.17. The molecule has 2 saturated carbocycles. The van der Waals surface area contributed by atoms with E-state index in [0.29, 0.717) is 0 Å². The van der Waals surface area contributed by atoms with Gasteiger partial charge in [0, 0.05) is 19.1 Å². The molecule has 0 radical (unpaired) electrons. The van der Waals surface area contributed by atoms with Crippen molar-refractivity contribution in [1.82, 2.24) is 10.2 Å². The molecule has 2 fully saturated rings. The second-order valence-corrected chi connectivity index (χ2v) is 5.25. The van der Waals surface area contributed by atoms with E-state index in [1.54, 1.807) is 0 Å². The molecule has 0 heterocycles. The molecule has 2 nitrogen and oxygen atoms in total. The van der Waals surface area contributed by atoms with Crippen LogP contribution in [0.3, 0.4) is 0 Å². The predicted octanol–water partition coefficient (Wildman–Crippen LogP) is 2.70. The lowest BCUT2D eigenvalue weighted by molar-refractivity contribution is -0.0460. The highest BCUT2D eigenvalue weighted by Crippen LogP contribution is 2.56. The van der Waals surface area contributed by atoms with Crippen LogP contribution >= 0.6 is 24.8 Å². The van der Waals surface area contributed by atoms with Crippen LogP contribution in [0.2, 0.25) is 0 Å². The van der Waals surface area contributed by atoms with Gasteiger partial charge >= 0.3 is 0 Å². The third-order valence-corrected chi connectivity index (χ3v) is 4.27. The van der Waals surface area contributed by atoms with E-state index in [-0.39, 0.29) is 24.8 Å². The third-order valence-electron chi connectivity index (χ3n) is 4.27. The zero-order chi connectivity index (χ0) is 10.0. The summed E-state index contributed by atoms with van der Waals surface area (Å²) in [4.78, 5) is 2.55. The fourth-order valence-corrected chi connectivity index (χ4v) is 2.95. The van der Waals surface area contributed by atoms with Crippen LogP contribution in [0.15, 0.2) is 0 Å². The molecule has 98 valence electrons. The summed E-state index contributed by atoms with van der Waals surface area (Å²) in [5.74, 6) is 0. The molecular formula is C12H26Cl2N2. The van der Waals surface area contributed by atoms with E-state index >= 15 is 0 Å². The molecule has 16 heavy (non-hydrogen) atoms. The average Bonchev–Trinajstić information content (AvgIpc) is 1.99. The maximum absolute atomic E-state index is 3.39. The van der Waals surface area contributed by atoms with Gasteiger partial charge in [-0.15, -0.1) is 24.8 Å². The molecule has 0 aromatic carbocycles. The Hall–Kier alpha value is 0.500. The summed E-state index contributed by atoms with van der Waals surface area (Å²) in [6, 6.07) is 0.897. The number of halogens is 2. The maximum atomic E-state index is 3.39. The van der Waals surface area contributed by atoms with E-state index in [1.165, 1.54) is 38.6 Å². The summed E-state index contributed by atoms with van der Waals surface area (Å²) in [6.07, 6.45) is 7.49. The SMILES string of the molecule is CCNCCN(C)C1CC2(CCC2)C1.Cl.Cl. The fraction of sp³-hybridized carbons (Fsp3) is 1.00. The van der Waals surface area contributed by atoms with Crippen molar-refractivity contribution >= 4 is 24.8 Å². The summed E-state index contributed by atoms with van der Waals surface area (Å²) in [5, 5.41) is 3.39. The fourth-order valence-electron chi connectivity index (χ4n) is 2.95. The van der Waals surface area contributed by atoms with Crippen molar-refractivity contribution in [2.75, 3.05) is 26.7 Å². The van der Waals surface area contributed by atoms with E-state index < -0.39 is 0 Å². The molecule has 2 aliphatic rings. The topological polar surface area (TPSA) is 15.3 Å². The highest BCUT2D eigenvalue weighted by Gasteiger charge is 2.48. The van der Waals surface area contributed by atoms with Gasteiger partial charge in [-0.2, -0.15) is 0 Å². The quantitative estimate of drug-likeness (QED) is 0.772. The standard InChI is InChI=1S/C12H24N2.2ClH/c1-3-13-7-8-14(2)11-9-12(10-11)5-4-6-12;;/h11,13H,3-10H2,1-2H3;2*1H. The van der Waals surface area contributed by atoms with Gasteiger partial charge in [-0.1, -0.05) is 13.3 Å². The molecule has 0 atom stereocenters. The maximum Gasteiger partial charge on any atom is 0.0107 e. The van der Waals surface area contributed by atoms with Gasteiger partial charge in [0.15, 0.2) is 0 Å². The first-order valence-corrected chi connectivity index (χ1v) is 6.17. The van der Waals surface area contributed by atoms with E-state index in [0.717, 1.165) is 24.5 Å². The van der Waals surface area contributed by atoms with Crippen LogP contribution in [0.25, 0.3) is 0 Å². The number of hydrogen-bond acceptors (Lipinski definition) is 2. The largest absolute Gasteiger partial charge is 0.316 e. The van der Waals surface area contributed by atoms with Crippen LogP contribution in [-0.4, -0.2) is 37.6 Å². The monoisotopic (exact) mass is 268 g/mol. The summed E-state index contributed by atoms with van der Waals surface area (Å²) in [5.41, 5.74) is 0.830. The Balaban J connectivity index is 0.00000112. The minimum atomic E-state index is 0. The van der Waals surface area contributed by atoms with E-state index in [2.05, 4.69) is 24.2 Å². The summed E-state index contributed by atoms with van der Waals surface area (Å²) in [7, 11) is 2.29. The normalized spacial score (nSPS) is 21.9. The lowest BCUT2D eigenvalue weighted by Gasteiger charge is -2.56. The van der Waals surface area contributed by atoms with Crippen molar-refractivity contribution in [2.24, 2.45) is 5.41 Å². The first kappa shape index (κ1) is 16.5. The zero-order valence-corrected chi connectivity index (χ0v) is 12.1. The molecule has 0 amide bonds. The molecule has 0 unspecified atom stereocenters. The van der Waals surface area contributed by atoms with Gasteiger partial charge < -0.3 is 10.2 Å². The highest BCUT2D eigenvalue weighted by atomic mass is 35.5. The van der Waals surface area contributed by atoms with Crippen LogP contribution in [-0.2, 0) is 0 Å². The zero-order valence-electron chi connectivity index (χ0n) is 10.5. The molecule has 0 bridgehead atoms. The third kappa shape index (κ3) is 3.49. The van der Waals surface area contributed by atoms with E-state index in [1.807, 2.05) is 0 Å². The van der Waals surface area contributed by atoms with Crippen molar-refractivity contribution in [3.63, 3.8) is 0 Å². The Morgan fingerprint density at radius 3 is 2.31 bits per heavy atom. The Bertz CT molecular complexity index is 187. The Labute approximate surface area is 112 Å². The minimum absolute atomic E-state index is 0. The van der Waals surface area contributed by atoms with Gasteiger partial charge in [0.25, 0.3) is 0 Å². The molecule has 0 aromatic heterocycles. The minimum Gasteiger partial charge on any atom is -0.316 e. The Morgan fingerprint density at radius 1 is 1.25 bits per heavy atom. The lowest BCUT2D eigenvalue weighted by atomic mass is 9.54. The second-order valence-electron chi connectivity index (χ2n) is 5.25. The van der Waals surface area contributed by atoms with Crippen molar-refractivity contribution in [3.05, 3.63) is 0 Å². The number of nitrogens with zero attached hydrogens (tertiary/aromatic N) is 1. The summed E-state index contributed by atoms with van der Waals surface area (Å²) >= 11 is 0. The van der Waals surface area contributed by atoms with Crippen LogP contribution in [0.5, 0.6) is 0 Å². The average molecular weight is 269 g/mol. The van der Waals surface area contributed by atoms with Crippen LogP contribution in [0, 0.1) is 5.41 Å². The molecule has 0 saturated heterocycles. The van der Waals surface area contributed by atoms with Gasteiger partial charge in [-0.05, 0) is 44.7 Å². The van der Waals surface area contributed by atoms with Gasteiger partial charge in [-0.3, -0.25) is 0 Å². The van der Waals surface area contributed by atoms with Crippen molar-refractivity contribution < 1.29 is 0 Å². The number of hydrogen-bond donors (Lipinski definition) is 1. The smallest absolute Gasteiger partial charge is 0.0107 e.